The largest absolute Gasteiger partial charge is 0.462 e. The molecule has 0 aliphatic rings. The van der Waals surface area contributed by atoms with E-state index < -0.39 is 0 Å². The molecule has 1 N–H and O–H groups in total. The number of unbranched alkanes of at least 4 members (excludes halogenated alkanes) is 7. The van der Waals surface area contributed by atoms with E-state index in [9.17, 15) is 4.79 Å². The number of carbonyl (C=O) groups excluding carboxylic acids is 1. The molecule has 1 rings (SSSR count). The van der Waals surface area contributed by atoms with Gasteiger partial charge in [-0.2, -0.15) is 0 Å². The Bertz CT molecular complexity index is 421. The van der Waals surface area contributed by atoms with Gasteiger partial charge in [-0.3, -0.25) is 4.79 Å². The lowest BCUT2D eigenvalue weighted by Gasteiger charge is -2.02. The van der Waals surface area contributed by atoms with E-state index in [4.69, 9.17) is 4.42 Å². The highest BCUT2D eigenvalue weighted by Crippen LogP contribution is 2.08. The standard InChI is InChI=1S/C18H29NO2/c1-3-4-5-6-7-8-9-10-15-19-18(20)14-13-17-12-11-16(2)21-17/h11-14H,3-10,15H2,1-2H3,(H,19,20)/b14-13+. The third-order valence-electron chi connectivity index (χ3n) is 3.49. The highest BCUT2D eigenvalue weighted by Gasteiger charge is 1.97. The SMILES string of the molecule is CCCCCCCCCCNC(=O)/C=C/c1ccc(C)o1. The van der Waals surface area contributed by atoms with Crippen LogP contribution in [0.5, 0.6) is 0 Å². The molecule has 0 bridgehead atoms. The van der Waals surface area contributed by atoms with Gasteiger partial charge in [0, 0.05) is 12.6 Å². The van der Waals surface area contributed by atoms with Crippen LogP contribution >= 0.6 is 0 Å². The lowest BCUT2D eigenvalue weighted by atomic mass is 10.1. The number of hydrogen-bond donors (Lipinski definition) is 1. The molecule has 3 nitrogen and oxygen atoms in total. The van der Waals surface area contributed by atoms with E-state index in [1.165, 1.54) is 51.0 Å². The maximum absolute atomic E-state index is 11.6. The topological polar surface area (TPSA) is 42.2 Å². The van der Waals surface area contributed by atoms with Crippen LogP contribution in [0.1, 0.15) is 69.8 Å². The Labute approximate surface area is 128 Å². The number of carbonyl (C=O) groups is 1. The summed E-state index contributed by atoms with van der Waals surface area (Å²) in [6.45, 7) is 4.89. The lowest BCUT2D eigenvalue weighted by Crippen LogP contribution is -2.21. The predicted molar refractivity (Wildman–Crippen MR) is 88.1 cm³/mol. The third kappa shape index (κ3) is 9.11. The molecule has 21 heavy (non-hydrogen) atoms. The first-order valence-electron chi connectivity index (χ1n) is 8.24. The summed E-state index contributed by atoms with van der Waals surface area (Å²) in [7, 11) is 0. The molecule has 0 aliphatic carbocycles. The quantitative estimate of drug-likeness (QED) is 0.467. The fourth-order valence-corrected chi connectivity index (χ4v) is 2.23. The monoisotopic (exact) mass is 291 g/mol. The number of amides is 1. The Hall–Kier alpha value is -1.51. The van der Waals surface area contributed by atoms with Crippen molar-refractivity contribution in [1.82, 2.24) is 5.32 Å². The Kier molecular flexibility index (Phi) is 9.34. The number of hydrogen-bond acceptors (Lipinski definition) is 2. The van der Waals surface area contributed by atoms with Gasteiger partial charge in [0.15, 0.2) is 0 Å². The zero-order valence-electron chi connectivity index (χ0n) is 13.5. The average Bonchev–Trinajstić information content (AvgIpc) is 2.89. The summed E-state index contributed by atoms with van der Waals surface area (Å²) < 4.78 is 5.36. The summed E-state index contributed by atoms with van der Waals surface area (Å²) in [5.41, 5.74) is 0. The second-order valence-electron chi connectivity index (χ2n) is 5.55. The summed E-state index contributed by atoms with van der Waals surface area (Å²) in [5.74, 6) is 1.52. The van der Waals surface area contributed by atoms with Crippen LogP contribution in [0, 0.1) is 6.92 Å². The van der Waals surface area contributed by atoms with Crippen LogP contribution in [-0.4, -0.2) is 12.5 Å². The molecule has 0 fully saturated rings. The van der Waals surface area contributed by atoms with Crippen molar-refractivity contribution in [2.24, 2.45) is 0 Å². The Morgan fingerprint density at radius 2 is 1.76 bits per heavy atom. The van der Waals surface area contributed by atoms with Crippen molar-refractivity contribution >= 4 is 12.0 Å². The first-order valence-corrected chi connectivity index (χ1v) is 8.24. The number of furan rings is 1. The summed E-state index contributed by atoms with van der Waals surface area (Å²) >= 11 is 0. The summed E-state index contributed by atoms with van der Waals surface area (Å²) in [5, 5.41) is 2.90. The maximum atomic E-state index is 11.6. The van der Waals surface area contributed by atoms with Gasteiger partial charge in [0.2, 0.25) is 5.91 Å². The second kappa shape index (κ2) is 11.2. The molecule has 0 saturated carbocycles. The van der Waals surface area contributed by atoms with E-state index in [1.807, 2.05) is 19.1 Å². The van der Waals surface area contributed by atoms with E-state index in [1.54, 1.807) is 6.08 Å². The zero-order chi connectivity index (χ0) is 15.3. The fraction of sp³-hybridized carbons (Fsp3) is 0.611. The smallest absolute Gasteiger partial charge is 0.244 e. The molecule has 0 saturated heterocycles. The number of aryl methyl sites for hydroxylation is 1. The molecule has 1 heterocycles. The van der Waals surface area contributed by atoms with Crippen molar-refractivity contribution in [2.75, 3.05) is 6.54 Å². The molecule has 0 radical (unpaired) electrons. The second-order valence-corrected chi connectivity index (χ2v) is 5.55. The van der Waals surface area contributed by atoms with Crippen LogP contribution in [0.4, 0.5) is 0 Å². The molecular formula is C18H29NO2. The molecule has 118 valence electrons. The molecule has 0 atom stereocenters. The van der Waals surface area contributed by atoms with Crippen LogP contribution in [0.2, 0.25) is 0 Å². The normalized spacial score (nSPS) is 11.1. The minimum Gasteiger partial charge on any atom is -0.462 e. The van der Waals surface area contributed by atoms with Crippen LogP contribution in [0.25, 0.3) is 6.08 Å². The lowest BCUT2D eigenvalue weighted by molar-refractivity contribution is -0.116. The number of nitrogens with one attached hydrogen (secondary N) is 1. The van der Waals surface area contributed by atoms with E-state index in [0.29, 0.717) is 0 Å². The van der Waals surface area contributed by atoms with Crippen LogP contribution in [0.15, 0.2) is 22.6 Å². The fourth-order valence-electron chi connectivity index (χ4n) is 2.23. The van der Waals surface area contributed by atoms with Crippen LogP contribution in [0.3, 0.4) is 0 Å². The zero-order valence-corrected chi connectivity index (χ0v) is 13.5. The van der Waals surface area contributed by atoms with Crippen molar-refractivity contribution in [1.29, 1.82) is 0 Å². The molecule has 0 aliphatic heterocycles. The third-order valence-corrected chi connectivity index (χ3v) is 3.49. The minimum atomic E-state index is -0.0491. The van der Waals surface area contributed by atoms with Crippen LogP contribution in [-0.2, 0) is 4.79 Å². The van der Waals surface area contributed by atoms with E-state index in [-0.39, 0.29) is 5.91 Å². The molecule has 1 amide bonds. The summed E-state index contributed by atoms with van der Waals surface area (Å²) in [6.07, 6.45) is 13.5. The average molecular weight is 291 g/mol. The summed E-state index contributed by atoms with van der Waals surface area (Å²) in [6, 6.07) is 3.75. The molecule has 1 aromatic heterocycles. The highest BCUT2D eigenvalue weighted by molar-refractivity contribution is 5.91. The maximum Gasteiger partial charge on any atom is 0.244 e. The molecule has 3 heteroatoms. The predicted octanol–water partition coefficient (Wildman–Crippen LogP) is 4.86. The van der Waals surface area contributed by atoms with Crippen LogP contribution < -0.4 is 5.32 Å². The van der Waals surface area contributed by atoms with Gasteiger partial charge in [0.1, 0.15) is 11.5 Å². The van der Waals surface area contributed by atoms with Crippen molar-refractivity contribution in [3.63, 3.8) is 0 Å². The first-order chi connectivity index (χ1) is 10.2. The van der Waals surface area contributed by atoms with Crippen molar-refractivity contribution < 1.29 is 9.21 Å². The Balaban J connectivity index is 1.97. The van der Waals surface area contributed by atoms with Gasteiger partial charge in [0.05, 0.1) is 0 Å². The number of rotatable bonds is 11. The van der Waals surface area contributed by atoms with Gasteiger partial charge in [-0.05, 0) is 31.6 Å². The molecule has 0 spiro atoms. The van der Waals surface area contributed by atoms with Gasteiger partial charge in [-0.1, -0.05) is 51.9 Å². The van der Waals surface area contributed by atoms with Crippen molar-refractivity contribution in [2.45, 2.75) is 65.2 Å². The molecule has 1 aromatic rings. The summed E-state index contributed by atoms with van der Waals surface area (Å²) in [4.78, 5) is 11.6. The van der Waals surface area contributed by atoms with Crippen molar-refractivity contribution in [3.8, 4) is 0 Å². The minimum absolute atomic E-state index is 0.0491. The van der Waals surface area contributed by atoms with Crippen molar-refractivity contribution in [3.05, 3.63) is 29.7 Å². The molecular weight excluding hydrogens is 262 g/mol. The van der Waals surface area contributed by atoms with Gasteiger partial charge < -0.3 is 9.73 Å². The Morgan fingerprint density at radius 3 is 2.38 bits per heavy atom. The van der Waals surface area contributed by atoms with Gasteiger partial charge >= 0.3 is 0 Å². The van der Waals surface area contributed by atoms with Gasteiger partial charge in [-0.15, -0.1) is 0 Å². The first kappa shape index (κ1) is 17.5. The van der Waals surface area contributed by atoms with Gasteiger partial charge in [0.25, 0.3) is 0 Å². The van der Waals surface area contributed by atoms with E-state index in [2.05, 4.69) is 12.2 Å². The van der Waals surface area contributed by atoms with Gasteiger partial charge in [-0.25, -0.2) is 0 Å². The molecule has 0 aromatic carbocycles. The highest BCUT2D eigenvalue weighted by atomic mass is 16.3. The molecule has 0 unspecified atom stereocenters. The Morgan fingerprint density at radius 1 is 1.10 bits per heavy atom. The van der Waals surface area contributed by atoms with E-state index >= 15 is 0 Å². The van der Waals surface area contributed by atoms with E-state index in [0.717, 1.165) is 24.5 Å².